The Morgan fingerprint density at radius 1 is 1.07 bits per heavy atom. The van der Waals surface area contributed by atoms with Crippen molar-refractivity contribution >= 4 is 43.2 Å². The lowest BCUT2D eigenvalue weighted by atomic mass is 10.2. The number of nitrogen functional groups attached to an aromatic ring is 1. The molecule has 80 valence electrons. The summed E-state index contributed by atoms with van der Waals surface area (Å²) in [6.07, 6.45) is 0. The first-order chi connectivity index (χ1) is 5.82. The van der Waals surface area contributed by atoms with E-state index in [1.807, 2.05) is 12.1 Å². The van der Waals surface area contributed by atoms with Crippen molar-refractivity contribution in [3.63, 3.8) is 0 Å². The first kappa shape index (κ1) is 14.2. The van der Waals surface area contributed by atoms with E-state index in [-0.39, 0.29) is 12.4 Å². The van der Waals surface area contributed by atoms with Crippen LogP contribution in [-0.4, -0.2) is 21.1 Å². The first-order valence-corrected chi connectivity index (χ1v) is 5.47. The van der Waals surface area contributed by atoms with E-state index in [0.29, 0.717) is 0 Å². The van der Waals surface area contributed by atoms with Gasteiger partial charge < -0.3 is 18.1 Å². The van der Waals surface area contributed by atoms with E-state index >= 15 is 0 Å². The molecule has 0 spiro atoms. The molecular weight excluding hydrogens is 331 g/mol. The van der Waals surface area contributed by atoms with Crippen LogP contribution in [0.2, 0.25) is 0 Å². The number of anilines is 1. The predicted molar refractivity (Wildman–Crippen MR) is 65.8 cm³/mol. The molecule has 0 bridgehead atoms. The molecule has 0 aromatic heterocycles. The molecule has 5 heteroatoms. The SMILES string of the molecule is C[N+](C)(C)c1cc(Br)c(N)c(Br)c1.[Cl-]. The highest BCUT2D eigenvalue weighted by Crippen LogP contribution is 2.34. The Bertz CT molecular complexity index is 311. The van der Waals surface area contributed by atoms with E-state index in [4.69, 9.17) is 5.73 Å². The highest BCUT2D eigenvalue weighted by Gasteiger charge is 2.15. The van der Waals surface area contributed by atoms with E-state index < -0.39 is 0 Å². The molecule has 1 rings (SSSR count). The Labute approximate surface area is 108 Å². The summed E-state index contributed by atoms with van der Waals surface area (Å²) in [5.41, 5.74) is 7.74. The standard InChI is InChI=1S/C9H13Br2N2.ClH/c1-13(2,3)6-4-7(10)9(12)8(11)5-6;/h4-5H,12H2,1-3H3;1H/q+1;/p-1. The van der Waals surface area contributed by atoms with E-state index in [1.54, 1.807) is 0 Å². The Kier molecular flexibility index (Phi) is 4.91. The van der Waals surface area contributed by atoms with Gasteiger partial charge in [-0.3, -0.25) is 4.48 Å². The summed E-state index contributed by atoms with van der Waals surface area (Å²) in [7, 11) is 6.35. The number of hydrogen-bond donors (Lipinski definition) is 1. The highest BCUT2D eigenvalue weighted by atomic mass is 79.9. The lowest BCUT2D eigenvalue weighted by Gasteiger charge is -2.24. The molecule has 2 N–H and O–H groups in total. The molecule has 0 aliphatic rings. The van der Waals surface area contributed by atoms with Gasteiger partial charge in [0.05, 0.1) is 26.8 Å². The Morgan fingerprint density at radius 3 is 1.71 bits per heavy atom. The van der Waals surface area contributed by atoms with Crippen molar-refractivity contribution in [2.75, 3.05) is 26.9 Å². The fraction of sp³-hybridized carbons (Fsp3) is 0.333. The monoisotopic (exact) mass is 342 g/mol. The summed E-state index contributed by atoms with van der Waals surface area (Å²) < 4.78 is 2.65. The fourth-order valence-corrected chi connectivity index (χ4v) is 2.12. The molecule has 0 aliphatic heterocycles. The van der Waals surface area contributed by atoms with Gasteiger partial charge in [0, 0.05) is 21.1 Å². The van der Waals surface area contributed by atoms with Crippen molar-refractivity contribution in [3.05, 3.63) is 21.1 Å². The van der Waals surface area contributed by atoms with Gasteiger partial charge in [-0.2, -0.15) is 0 Å². The summed E-state index contributed by atoms with van der Waals surface area (Å²) in [6.45, 7) is 0. The molecule has 1 aromatic rings. The van der Waals surface area contributed by atoms with Crippen molar-refractivity contribution in [2.45, 2.75) is 0 Å². The van der Waals surface area contributed by atoms with Crippen LogP contribution in [0, 0.1) is 0 Å². The summed E-state index contributed by atoms with van der Waals surface area (Å²) in [4.78, 5) is 0. The van der Waals surface area contributed by atoms with Gasteiger partial charge in [-0.05, 0) is 31.9 Å². The van der Waals surface area contributed by atoms with Crippen LogP contribution in [0.15, 0.2) is 21.1 Å². The summed E-state index contributed by atoms with van der Waals surface area (Å²) in [6, 6.07) is 4.08. The van der Waals surface area contributed by atoms with Crippen LogP contribution in [0.1, 0.15) is 0 Å². The number of hydrogen-bond acceptors (Lipinski definition) is 1. The topological polar surface area (TPSA) is 26.0 Å². The number of nitrogens with two attached hydrogens (primary N) is 1. The Hall–Kier alpha value is 0.230. The van der Waals surface area contributed by atoms with Gasteiger partial charge in [-0.25, -0.2) is 0 Å². The van der Waals surface area contributed by atoms with Gasteiger partial charge in [0.2, 0.25) is 0 Å². The largest absolute Gasteiger partial charge is 1.00 e. The van der Waals surface area contributed by atoms with E-state index in [9.17, 15) is 0 Å². The van der Waals surface area contributed by atoms with Gasteiger partial charge in [0.1, 0.15) is 5.69 Å². The van der Waals surface area contributed by atoms with Gasteiger partial charge in [-0.1, -0.05) is 0 Å². The third-order valence-electron chi connectivity index (χ3n) is 1.84. The second-order valence-electron chi connectivity index (χ2n) is 3.84. The minimum absolute atomic E-state index is 0. The molecule has 0 aliphatic carbocycles. The van der Waals surface area contributed by atoms with Crippen molar-refractivity contribution in [1.29, 1.82) is 0 Å². The van der Waals surface area contributed by atoms with Gasteiger partial charge in [0.25, 0.3) is 0 Å². The molecule has 0 saturated carbocycles. The van der Waals surface area contributed by atoms with E-state index in [1.165, 1.54) is 5.69 Å². The van der Waals surface area contributed by atoms with Crippen molar-refractivity contribution in [1.82, 2.24) is 4.48 Å². The average Bonchev–Trinajstić information content (AvgIpc) is 1.97. The normalized spacial score (nSPS) is 10.9. The number of benzene rings is 1. The molecule has 0 heterocycles. The lowest BCUT2D eigenvalue weighted by Crippen LogP contribution is -3.00. The predicted octanol–water partition coefficient (Wildman–Crippen LogP) is -0.00550. The number of quaternary nitrogens is 1. The zero-order chi connectivity index (χ0) is 10.2. The smallest absolute Gasteiger partial charge is 0.134 e. The number of rotatable bonds is 1. The minimum Gasteiger partial charge on any atom is -1.00 e. The summed E-state index contributed by atoms with van der Waals surface area (Å²) >= 11 is 6.85. The maximum absolute atomic E-state index is 5.79. The minimum atomic E-state index is 0. The van der Waals surface area contributed by atoms with Crippen LogP contribution >= 0.6 is 31.9 Å². The van der Waals surface area contributed by atoms with E-state index in [2.05, 4.69) is 53.0 Å². The zero-order valence-electron chi connectivity index (χ0n) is 8.31. The molecule has 2 nitrogen and oxygen atoms in total. The van der Waals surface area contributed by atoms with Crippen molar-refractivity contribution < 1.29 is 12.4 Å². The molecule has 0 amide bonds. The molecule has 0 fully saturated rings. The Balaban J connectivity index is 0.00000169. The van der Waals surface area contributed by atoms with Crippen LogP contribution in [0.3, 0.4) is 0 Å². The van der Waals surface area contributed by atoms with Crippen LogP contribution in [-0.2, 0) is 0 Å². The van der Waals surface area contributed by atoms with E-state index in [0.717, 1.165) is 19.1 Å². The second kappa shape index (κ2) is 4.84. The first-order valence-electron chi connectivity index (χ1n) is 3.89. The summed E-state index contributed by atoms with van der Waals surface area (Å²) in [5.74, 6) is 0. The zero-order valence-corrected chi connectivity index (χ0v) is 12.2. The number of nitrogens with zero attached hydrogens (tertiary/aromatic N) is 1. The quantitative estimate of drug-likeness (QED) is 0.563. The molecule has 14 heavy (non-hydrogen) atoms. The summed E-state index contributed by atoms with van der Waals surface area (Å²) in [5, 5.41) is 0. The molecule has 0 unspecified atom stereocenters. The van der Waals surface area contributed by atoms with Crippen LogP contribution < -0.4 is 22.6 Å². The maximum atomic E-state index is 5.79. The molecular formula is C9H13Br2ClN2. The van der Waals surface area contributed by atoms with Gasteiger partial charge >= 0.3 is 0 Å². The second-order valence-corrected chi connectivity index (χ2v) is 5.54. The van der Waals surface area contributed by atoms with Crippen LogP contribution in [0.5, 0.6) is 0 Å². The third kappa shape index (κ3) is 3.12. The van der Waals surface area contributed by atoms with Gasteiger partial charge in [0.15, 0.2) is 0 Å². The average molecular weight is 344 g/mol. The fourth-order valence-electron chi connectivity index (χ4n) is 0.958. The van der Waals surface area contributed by atoms with Crippen LogP contribution in [0.4, 0.5) is 11.4 Å². The molecule has 0 saturated heterocycles. The molecule has 0 radical (unpaired) electrons. The maximum Gasteiger partial charge on any atom is 0.134 e. The molecule has 0 atom stereocenters. The lowest BCUT2D eigenvalue weighted by molar-refractivity contribution is -0.00000275. The number of halogens is 3. The van der Waals surface area contributed by atoms with Crippen LogP contribution in [0.25, 0.3) is 0 Å². The Morgan fingerprint density at radius 2 is 1.43 bits per heavy atom. The van der Waals surface area contributed by atoms with Crippen molar-refractivity contribution in [2.24, 2.45) is 0 Å². The highest BCUT2D eigenvalue weighted by molar-refractivity contribution is 9.11. The van der Waals surface area contributed by atoms with Crippen molar-refractivity contribution in [3.8, 4) is 0 Å². The van der Waals surface area contributed by atoms with Gasteiger partial charge in [-0.15, -0.1) is 0 Å². The molecule has 1 aromatic carbocycles. The third-order valence-corrected chi connectivity index (χ3v) is 3.15.